The molecular weight excluding hydrogens is 264 g/mol. The Kier molecular flexibility index (Phi) is 3.93. The molecule has 1 aliphatic rings. The summed E-state index contributed by atoms with van der Waals surface area (Å²) in [4.78, 5) is 13.6. The summed E-state index contributed by atoms with van der Waals surface area (Å²) < 4.78 is 0. The van der Waals surface area contributed by atoms with Gasteiger partial charge in [-0.3, -0.25) is 4.79 Å². The van der Waals surface area contributed by atoms with Crippen molar-refractivity contribution in [1.29, 1.82) is 0 Å². The van der Waals surface area contributed by atoms with Crippen LogP contribution >= 0.6 is 11.8 Å². The number of hydrogen-bond donors (Lipinski definition) is 0. The molecule has 0 N–H and O–H groups in total. The maximum absolute atomic E-state index is 12.4. The number of thioether (sulfide) groups is 1. The normalized spacial score (nSPS) is 14.8. The van der Waals surface area contributed by atoms with Gasteiger partial charge in [-0.15, -0.1) is 11.8 Å². The molecule has 0 unspecified atom stereocenters. The molecule has 0 atom stereocenters. The molecule has 1 nitrogen and oxygen atoms in total. The molecule has 0 radical (unpaired) electrons. The van der Waals surface area contributed by atoms with Gasteiger partial charge in [-0.2, -0.15) is 0 Å². The van der Waals surface area contributed by atoms with E-state index in [0.717, 1.165) is 17.0 Å². The monoisotopic (exact) mass is 282 g/mol. The number of hydrogen-bond acceptors (Lipinski definition) is 2. The summed E-state index contributed by atoms with van der Waals surface area (Å²) in [6.45, 7) is 0. The molecule has 0 saturated heterocycles. The van der Waals surface area contributed by atoms with Crippen molar-refractivity contribution in [2.24, 2.45) is 0 Å². The van der Waals surface area contributed by atoms with Crippen molar-refractivity contribution >= 4 is 17.5 Å². The molecule has 1 saturated carbocycles. The van der Waals surface area contributed by atoms with Gasteiger partial charge in [-0.25, -0.2) is 0 Å². The predicted octanol–water partition coefficient (Wildman–Crippen LogP) is 4.91. The van der Waals surface area contributed by atoms with Crippen molar-refractivity contribution in [3.05, 3.63) is 65.2 Å². The quantitative estimate of drug-likeness (QED) is 0.585. The minimum atomic E-state index is 0.109. The average molecular weight is 282 g/mol. The first-order valence-corrected chi connectivity index (χ1v) is 8.29. The third-order valence-corrected chi connectivity index (χ3v) is 4.85. The molecule has 0 aliphatic heterocycles. The topological polar surface area (TPSA) is 17.1 Å². The SMILES string of the molecule is CSc1ccc(C(=O)c2ccc(C3CCC3)cc2)cc1. The lowest BCUT2D eigenvalue weighted by atomic mass is 9.80. The fourth-order valence-electron chi connectivity index (χ4n) is 2.56. The Labute approximate surface area is 124 Å². The van der Waals surface area contributed by atoms with Crippen LogP contribution in [0.4, 0.5) is 0 Å². The maximum Gasteiger partial charge on any atom is 0.193 e. The number of rotatable bonds is 4. The summed E-state index contributed by atoms with van der Waals surface area (Å²) in [6.07, 6.45) is 5.97. The predicted molar refractivity (Wildman–Crippen MR) is 84.7 cm³/mol. The summed E-state index contributed by atoms with van der Waals surface area (Å²) in [5.41, 5.74) is 2.93. The molecule has 2 heteroatoms. The van der Waals surface area contributed by atoms with Crippen LogP contribution in [0.1, 0.15) is 46.7 Å². The maximum atomic E-state index is 12.4. The van der Waals surface area contributed by atoms with E-state index in [0.29, 0.717) is 0 Å². The van der Waals surface area contributed by atoms with Crippen molar-refractivity contribution in [3.8, 4) is 0 Å². The second kappa shape index (κ2) is 5.84. The van der Waals surface area contributed by atoms with Crippen LogP contribution in [0, 0.1) is 0 Å². The fraction of sp³-hybridized carbons (Fsp3) is 0.278. The van der Waals surface area contributed by atoms with Crippen molar-refractivity contribution in [3.63, 3.8) is 0 Å². The van der Waals surface area contributed by atoms with E-state index in [9.17, 15) is 4.79 Å². The van der Waals surface area contributed by atoms with Crippen LogP contribution in [-0.4, -0.2) is 12.0 Å². The van der Waals surface area contributed by atoms with Gasteiger partial charge in [-0.05, 0) is 54.8 Å². The molecule has 0 aromatic heterocycles. The number of carbonyl (C=O) groups excluding carboxylic acids is 1. The molecule has 1 aliphatic carbocycles. The van der Waals surface area contributed by atoms with Crippen LogP contribution in [-0.2, 0) is 0 Å². The highest BCUT2D eigenvalue weighted by molar-refractivity contribution is 7.98. The van der Waals surface area contributed by atoms with Gasteiger partial charge in [0.25, 0.3) is 0 Å². The average Bonchev–Trinajstić information content (AvgIpc) is 2.46. The van der Waals surface area contributed by atoms with Crippen molar-refractivity contribution in [2.75, 3.05) is 6.26 Å². The van der Waals surface area contributed by atoms with E-state index in [4.69, 9.17) is 0 Å². The zero-order chi connectivity index (χ0) is 13.9. The minimum Gasteiger partial charge on any atom is -0.289 e. The molecule has 102 valence electrons. The number of ketones is 1. The van der Waals surface area contributed by atoms with E-state index in [-0.39, 0.29) is 5.78 Å². The van der Waals surface area contributed by atoms with Gasteiger partial charge in [0.1, 0.15) is 0 Å². The highest BCUT2D eigenvalue weighted by Crippen LogP contribution is 2.36. The molecule has 2 aromatic carbocycles. The summed E-state index contributed by atoms with van der Waals surface area (Å²) in [7, 11) is 0. The van der Waals surface area contributed by atoms with Gasteiger partial charge in [0, 0.05) is 16.0 Å². The zero-order valence-electron chi connectivity index (χ0n) is 11.6. The number of benzene rings is 2. The highest BCUT2D eigenvalue weighted by atomic mass is 32.2. The Morgan fingerprint density at radius 3 is 1.95 bits per heavy atom. The smallest absolute Gasteiger partial charge is 0.193 e. The first-order valence-electron chi connectivity index (χ1n) is 7.06. The van der Waals surface area contributed by atoms with Gasteiger partial charge in [0.05, 0.1) is 0 Å². The highest BCUT2D eigenvalue weighted by Gasteiger charge is 2.19. The van der Waals surface area contributed by atoms with Gasteiger partial charge in [-0.1, -0.05) is 30.7 Å². The van der Waals surface area contributed by atoms with Gasteiger partial charge >= 0.3 is 0 Å². The van der Waals surface area contributed by atoms with Crippen LogP contribution in [0.25, 0.3) is 0 Å². The Balaban J connectivity index is 1.78. The van der Waals surface area contributed by atoms with E-state index < -0.39 is 0 Å². The second-order valence-corrected chi connectivity index (χ2v) is 6.19. The summed E-state index contributed by atoms with van der Waals surface area (Å²) in [5, 5.41) is 0. The van der Waals surface area contributed by atoms with Crippen LogP contribution in [0.15, 0.2) is 53.4 Å². The molecule has 2 aromatic rings. The van der Waals surface area contributed by atoms with Gasteiger partial charge < -0.3 is 0 Å². The van der Waals surface area contributed by atoms with Gasteiger partial charge in [0.15, 0.2) is 5.78 Å². The summed E-state index contributed by atoms with van der Waals surface area (Å²) in [6, 6.07) is 16.0. The van der Waals surface area contributed by atoms with E-state index in [1.807, 2.05) is 42.7 Å². The molecule has 3 rings (SSSR count). The summed E-state index contributed by atoms with van der Waals surface area (Å²) >= 11 is 1.69. The molecule has 20 heavy (non-hydrogen) atoms. The van der Waals surface area contributed by atoms with Crippen LogP contribution in [0.2, 0.25) is 0 Å². The van der Waals surface area contributed by atoms with Crippen LogP contribution in [0.3, 0.4) is 0 Å². The Hall–Kier alpha value is -1.54. The standard InChI is InChI=1S/C18H18OS/c1-20-17-11-9-16(10-12-17)18(19)15-7-5-14(6-8-15)13-3-2-4-13/h5-13H,2-4H2,1H3. The lowest BCUT2D eigenvalue weighted by molar-refractivity contribution is 0.103. The molecule has 0 bridgehead atoms. The molecule has 0 heterocycles. The van der Waals surface area contributed by atoms with Crippen LogP contribution < -0.4 is 0 Å². The first kappa shape index (κ1) is 13.4. The number of carbonyl (C=O) groups is 1. The first-order chi connectivity index (χ1) is 9.78. The third-order valence-electron chi connectivity index (χ3n) is 4.10. The largest absolute Gasteiger partial charge is 0.289 e. The minimum absolute atomic E-state index is 0.109. The zero-order valence-corrected chi connectivity index (χ0v) is 12.5. The Morgan fingerprint density at radius 1 is 0.950 bits per heavy atom. The second-order valence-electron chi connectivity index (χ2n) is 5.31. The van der Waals surface area contributed by atoms with E-state index in [2.05, 4.69) is 12.1 Å². The Bertz CT molecular complexity index is 594. The lowest BCUT2D eigenvalue weighted by Gasteiger charge is -2.25. The molecule has 1 fully saturated rings. The third kappa shape index (κ3) is 2.66. The molecule has 0 amide bonds. The van der Waals surface area contributed by atoms with Crippen molar-refractivity contribution in [1.82, 2.24) is 0 Å². The molecular formula is C18H18OS. The Morgan fingerprint density at radius 2 is 1.50 bits per heavy atom. The van der Waals surface area contributed by atoms with Crippen molar-refractivity contribution < 1.29 is 4.79 Å². The van der Waals surface area contributed by atoms with Crippen LogP contribution in [0.5, 0.6) is 0 Å². The van der Waals surface area contributed by atoms with Crippen molar-refractivity contribution in [2.45, 2.75) is 30.1 Å². The molecule has 0 spiro atoms. The van der Waals surface area contributed by atoms with E-state index in [1.54, 1.807) is 11.8 Å². The van der Waals surface area contributed by atoms with Gasteiger partial charge in [0.2, 0.25) is 0 Å². The van der Waals surface area contributed by atoms with E-state index in [1.165, 1.54) is 29.7 Å². The fourth-order valence-corrected chi connectivity index (χ4v) is 2.97. The summed E-state index contributed by atoms with van der Waals surface area (Å²) in [5.74, 6) is 0.831. The lowest BCUT2D eigenvalue weighted by Crippen LogP contribution is -2.09. The van der Waals surface area contributed by atoms with E-state index >= 15 is 0 Å².